The van der Waals surface area contributed by atoms with Gasteiger partial charge in [0.1, 0.15) is 0 Å². The van der Waals surface area contributed by atoms with Crippen LogP contribution in [0.15, 0.2) is 12.1 Å². The highest BCUT2D eigenvalue weighted by molar-refractivity contribution is 7.22. The molecule has 1 aliphatic rings. The lowest BCUT2D eigenvalue weighted by Crippen LogP contribution is -1.90. The van der Waals surface area contributed by atoms with Crippen LogP contribution in [0.25, 0.3) is 10.2 Å². The average Bonchev–Trinajstić information content (AvgIpc) is 2.63. The molecule has 3 rings (SSSR count). The topological polar surface area (TPSA) is 24.9 Å². The lowest BCUT2D eigenvalue weighted by Gasteiger charge is -1.97. The lowest BCUT2D eigenvalue weighted by atomic mass is 10.1. The number of aromatic nitrogens is 1. The van der Waals surface area contributed by atoms with Gasteiger partial charge in [0.25, 0.3) is 0 Å². The molecule has 1 aromatic carbocycles. The highest BCUT2D eigenvalue weighted by atomic mass is 35.5. The van der Waals surface area contributed by atoms with Crippen molar-refractivity contribution in [3.63, 3.8) is 0 Å². The molecule has 0 bridgehead atoms. The van der Waals surface area contributed by atoms with E-state index in [0.29, 0.717) is 4.47 Å². The van der Waals surface area contributed by atoms with Gasteiger partial charge in [-0.25, -0.2) is 4.98 Å². The Balaban J connectivity index is 2.35. The van der Waals surface area contributed by atoms with E-state index in [1.54, 1.807) is 0 Å². The van der Waals surface area contributed by atoms with Crippen molar-refractivity contribution in [3.8, 4) is 0 Å². The fourth-order valence-corrected chi connectivity index (χ4v) is 2.74. The van der Waals surface area contributed by atoms with Crippen molar-refractivity contribution >= 4 is 38.8 Å². The average molecular weight is 211 g/mol. The molecule has 0 fully saturated rings. The summed E-state index contributed by atoms with van der Waals surface area (Å²) in [4.78, 5) is 4.25. The molecule has 0 spiro atoms. The molecule has 0 aliphatic carbocycles. The molecule has 0 atom stereocenters. The fraction of sp³-hybridized carbons (Fsp3) is 0.222. The molecule has 1 aromatic heterocycles. The molecule has 4 heteroatoms. The number of nitrogens with one attached hydrogen (secondary N) is 1. The molecule has 0 radical (unpaired) electrons. The van der Waals surface area contributed by atoms with E-state index in [-0.39, 0.29) is 0 Å². The highest BCUT2D eigenvalue weighted by Crippen LogP contribution is 2.32. The summed E-state index contributed by atoms with van der Waals surface area (Å²) >= 11 is 7.37. The van der Waals surface area contributed by atoms with Crippen LogP contribution < -0.4 is 5.32 Å². The molecule has 1 N–H and O–H groups in total. The van der Waals surface area contributed by atoms with Crippen LogP contribution in [-0.2, 0) is 6.42 Å². The fourth-order valence-electron chi connectivity index (χ4n) is 1.69. The molecular weight excluding hydrogens is 204 g/mol. The Morgan fingerprint density at radius 3 is 3.31 bits per heavy atom. The molecule has 66 valence electrons. The first-order valence-corrected chi connectivity index (χ1v) is 5.35. The van der Waals surface area contributed by atoms with E-state index < -0.39 is 0 Å². The van der Waals surface area contributed by atoms with Crippen LogP contribution >= 0.6 is 22.9 Å². The lowest BCUT2D eigenvalue weighted by molar-refractivity contribution is 1.11. The summed E-state index contributed by atoms with van der Waals surface area (Å²) in [5.41, 5.74) is 3.62. The van der Waals surface area contributed by atoms with E-state index in [9.17, 15) is 0 Å². The molecule has 2 nitrogen and oxygen atoms in total. The largest absolute Gasteiger partial charge is 0.384 e. The molecule has 0 saturated carbocycles. The van der Waals surface area contributed by atoms with Gasteiger partial charge in [-0.2, -0.15) is 0 Å². The van der Waals surface area contributed by atoms with E-state index in [2.05, 4.69) is 22.4 Å². The van der Waals surface area contributed by atoms with Crippen molar-refractivity contribution in [1.29, 1.82) is 0 Å². The quantitative estimate of drug-likeness (QED) is 0.723. The van der Waals surface area contributed by atoms with Gasteiger partial charge in [-0.15, -0.1) is 11.3 Å². The number of nitrogens with zero attached hydrogens (tertiary/aromatic N) is 1. The van der Waals surface area contributed by atoms with Crippen LogP contribution in [0, 0.1) is 0 Å². The number of hydrogen-bond acceptors (Lipinski definition) is 3. The molecule has 1 aliphatic heterocycles. The zero-order valence-electron chi connectivity index (χ0n) is 6.80. The molecule has 2 heterocycles. The summed E-state index contributed by atoms with van der Waals surface area (Å²) in [6.45, 7) is 1.04. The van der Waals surface area contributed by atoms with Crippen LogP contribution in [-0.4, -0.2) is 11.5 Å². The summed E-state index contributed by atoms with van der Waals surface area (Å²) < 4.78 is 1.79. The monoisotopic (exact) mass is 210 g/mol. The third-order valence-electron chi connectivity index (χ3n) is 2.30. The summed E-state index contributed by atoms with van der Waals surface area (Å²) in [6, 6.07) is 4.27. The first kappa shape index (κ1) is 7.59. The maximum Gasteiger partial charge on any atom is 0.184 e. The number of benzene rings is 1. The zero-order valence-corrected chi connectivity index (χ0v) is 8.37. The number of halogens is 1. The van der Waals surface area contributed by atoms with Crippen molar-refractivity contribution in [2.75, 3.05) is 11.9 Å². The molecule has 0 unspecified atom stereocenters. The second-order valence-corrected chi connectivity index (χ2v) is 4.73. The molecule has 0 amide bonds. The highest BCUT2D eigenvalue weighted by Gasteiger charge is 2.12. The second kappa shape index (κ2) is 2.59. The Bertz CT molecular complexity index is 437. The summed E-state index contributed by atoms with van der Waals surface area (Å²) in [7, 11) is 0. The molecular formula is C9H7ClN2S. The minimum absolute atomic E-state index is 0.624. The minimum Gasteiger partial charge on any atom is -0.384 e. The van der Waals surface area contributed by atoms with Crippen LogP contribution in [0.4, 0.5) is 5.69 Å². The van der Waals surface area contributed by atoms with E-state index in [0.717, 1.165) is 23.2 Å². The Hall–Kier alpha value is -0.800. The van der Waals surface area contributed by atoms with Gasteiger partial charge >= 0.3 is 0 Å². The van der Waals surface area contributed by atoms with E-state index in [1.165, 1.54) is 22.6 Å². The number of hydrogen-bond donors (Lipinski definition) is 1. The van der Waals surface area contributed by atoms with Gasteiger partial charge in [0.2, 0.25) is 0 Å². The van der Waals surface area contributed by atoms with Crippen LogP contribution in [0.2, 0.25) is 4.47 Å². The summed E-state index contributed by atoms with van der Waals surface area (Å²) in [5, 5.41) is 3.34. The number of anilines is 1. The van der Waals surface area contributed by atoms with E-state index >= 15 is 0 Å². The minimum atomic E-state index is 0.624. The number of fused-ring (bicyclic) bond motifs is 2. The van der Waals surface area contributed by atoms with Crippen molar-refractivity contribution in [1.82, 2.24) is 4.98 Å². The van der Waals surface area contributed by atoms with Crippen molar-refractivity contribution in [2.24, 2.45) is 0 Å². The molecule has 2 aromatic rings. The second-order valence-electron chi connectivity index (χ2n) is 3.12. The van der Waals surface area contributed by atoms with Gasteiger partial charge in [-0.05, 0) is 24.1 Å². The van der Waals surface area contributed by atoms with Crippen molar-refractivity contribution in [2.45, 2.75) is 6.42 Å². The van der Waals surface area contributed by atoms with Crippen LogP contribution in [0.5, 0.6) is 0 Å². The predicted octanol–water partition coefficient (Wildman–Crippen LogP) is 2.92. The normalized spacial score (nSPS) is 14.5. The van der Waals surface area contributed by atoms with Gasteiger partial charge in [-0.3, -0.25) is 0 Å². The zero-order chi connectivity index (χ0) is 8.84. The molecule has 0 saturated heterocycles. The standard InChI is InChI=1S/C9H7ClN2S/c10-9-12-7-3-5-1-2-11-6(5)4-8(7)13-9/h3-4,11H,1-2H2. The Labute approximate surface area is 84.6 Å². The third-order valence-corrected chi connectivity index (χ3v) is 3.42. The Morgan fingerprint density at radius 2 is 2.38 bits per heavy atom. The van der Waals surface area contributed by atoms with Gasteiger partial charge in [0.15, 0.2) is 4.47 Å². The Morgan fingerprint density at radius 1 is 1.46 bits per heavy atom. The van der Waals surface area contributed by atoms with Gasteiger partial charge < -0.3 is 5.32 Å². The third kappa shape index (κ3) is 1.11. The van der Waals surface area contributed by atoms with Gasteiger partial charge in [0.05, 0.1) is 10.2 Å². The first-order chi connectivity index (χ1) is 6.33. The summed E-state index contributed by atoms with van der Waals surface area (Å²) in [6.07, 6.45) is 1.10. The van der Waals surface area contributed by atoms with Crippen molar-refractivity contribution < 1.29 is 0 Å². The van der Waals surface area contributed by atoms with Gasteiger partial charge in [0, 0.05) is 12.2 Å². The number of thiazole rings is 1. The summed E-state index contributed by atoms with van der Waals surface area (Å²) in [5.74, 6) is 0. The van der Waals surface area contributed by atoms with Crippen LogP contribution in [0.3, 0.4) is 0 Å². The first-order valence-electron chi connectivity index (χ1n) is 4.16. The van der Waals surface area contributed by atoms with Crippen LogP contribution in [0.1, 0.15) is 5.56 Å². The predicted molar refractivity (Wildman–Crippen MR) is 56.8 cm³/mol. The SMILES string of the molecule is Clc1nc2cc3c(cc2s1)NCC3. The Kier molecular flexibility index (Phi) is 1.51. The maximum atomic E-state index is 5.84. The maximum absolute atomic E-state index is 5.84. The van der Waals surface area contributed by atoms with E-state index in [1.807, 2.05) is 0 Å². The number of rotatable bonds is 0. The molecule has 13 heavy (non-hydrogen) atoms. The van der Waals surface area contributed by atoms with E-state index in [4.69, 9.17) is 11.6 Å². The van der Waals surface area contributed by atoms with Crippen molar-refractivity contribution in [3.05, 3.63) is 22.2 Å². The van der Waals surface area contributed by atoms with Gasteiger partial charge in [-0.1, -0.05) is 11.6 Å². The smallest absolute Gasteiger partial charge is 0.184 e.